The Labute approximate surface area is 184 Å². The van der Waals surface area contributed by atoms with Crippen molar-refractivity contribution in [2.75, 3.05) is 4.90 Å². The zero-order valence-electron chi connectivity index (χ0n) is 16.2. The number of anilines is 1. The SMILES string of the molecule is Cc1ccc([C@H]2C(C(=O)c3cccs3)=C(O)C(=O)N2c2nc3ccc(F)cc3s2)cc1. The van der Waals surface area contributed by atoms with Crippen molar-refractivity contribution in [2.45, 2.75) is 13.0 Å². The van der Waals surface area contributed by atoms with E-state index in [0.29, 0.717) is 20.7 Å². The van der Waals surface area contributed by atoms with Crippen molar-refractivity contribution in [3.8, 4) is 0 Å². The van der Waals surface area contributed by atoms with E-state index < -0.39 is 29.3 Å². The van der Waals surface area contributed by atoms with Gasteiger partial charge < -0.3 is 5.11 Å². The number of nitrogens with zero attached hydrogens (tertiary/aromatic N) is 2. The number of hydrogen-bond acceptors (Lipinski definition) is 6. The van der Waals surface area contributed by atoms with Crippen molar-refractivity contribution in [2.24, 2.45) is 0 Å². The normalized spacial score (nSPS) is 16.5. The average molecular weight is 451 g/mol. The lowest BCUT2D eigenvalue weighted by Gasteiger charge is -2.24. The van der Waals surface area contributed by atoms with Crippen molar-refractivity contribution in [3.63, 3.8) is 0 Å². The van der Waals surface area contributed by atoms with Crippen LogP contribution in [0.15, 0.2) is 71.3 Å². The van der Waals surface area contributed by atoms with Gasteiger partial charge >= 0.3 is 0 Å². The summed E-state index contributed by atoms with van der Waals surface area (Å²) >= 11 is 2.38. The van der Waals surface area contributed by atoms with E-state index in [1.54, 1.807) is 17.5 Å². The molecule has 1 aliphatic rings. The largest absolute Gasteiger partial charge is 0.503 e. The number of aryl methyl sites for hydroxylation is 1. The molecule has 8 heteroatoms. The molecular formula is C23H15FN2O3S2. The van der Waals surface area contributed by atoms with Crippen LogP contribution in [0.1, 0.15) is 26.8 Å². The Hall–Kier alpha value is -3.36. The number of aliphatic hydroxyl groups excluding tert-OH is 1. The molecule has 1 amide bonds. The first kappa shape index (κ1) is 19.6. The molecule has 3 heterocycles. The molecule has 0 bridgehead atoms. The summed E-state index contributed by atoms with van der Waals surface area (Å²) in [5.41, 5.74) is 2.25. The lowest BCUT2D eigenvalue weighted by molar-refractivity contribution is -0.117. The summed E-state index contributed by atoms with van der Waals surface area (Å²) in [5.74, 6) is -2.10. The van der Waals surface area contributed by atoms with Gasteiger partial charge in [-0.05, 0) is 42.1 Å². The second-order valence-electron chi connectivity index (χ2n) is 7.17. The van der Waals surface area contributed by atoms with Gasteiger partial charge in [0.25, 0.3) is 5.91 Å². The van der Waals surface area contributed by atoms with Crippen molar-refractivity contribution in [1.29, 1.82) is 0 Å². The van der Waals surface area contributed by atoms with Crippen LogP contribution in [0.3, 0.4) is 0 Å². The highest BCUT2D eigenvalue weighted by atomic mass is 32.1. The number of benzene rings is 2. The van der Waals surface area contributed by atoms with E-state index in [4.69, 9.17) is 0 Å². The summed E-state index contributed by atoms with van der Waals surface area (Å²) in [6.45, 7) is 1.94. The summed E-state index contributed by atoms with van der Waals surface area (Å²) < 4.78 is 14.2. The molecule has 1 aliphatic heterocycles. The Morgan fingerprint density at radius 3 is 2.65 bits per heavy atom. The highest BCUT2D eigenvalue weighted by molar-refractivity contribution is 7.22. The van der Waals surface area contributed by atoms with Gasteiger partial charge in [0.05, 0.1) is 26.7 Å². The highest BCUT2D eigenvalue weighted by Crippen LogP contribution is 2.44. The molecule has 0 saturated heterocycles. The maximum Gasteiger partial charge on any atom is 0.296 e. The third kappa shape index (κ3) is 3.24. The number of thiazole rings is 1. The van der Waals surface area contributed by atoms with Crippen LogP contribution in [0, 0.1) is 12.7 Å². The van der Waals surface area contributed by atoms with Crippen LogP contribution in [-0.2, 0) is 4.79 Å². The Balaban J connectivity index is 1.68. The zero-order valence-corrected chi connectivity index (χ0v) is 17.8. The molecule has 1 atom stereocenters. The number of rotatable bonds is 4. The van der Waals surface area contributed by atoms with Crippen LogP contribution in [0.5, 0.6) is 0 Å². The molecule has 154 valence electrons. The fourth-order valence-electron chi connectivity index (χ4n) is 3.63. The summed E-state index contributed by atoms with van der Waals surface area (Å²) in [4.78, 5) is 32.6. The first-order valence-corrected chi connectivity index (χ1v) is 11.1. The van der Waals surface area contributed by atoms with Gasteiger partial charge in [0, 0.05) is 0 Å². The highest BCUT2D eigenvalue weighted by Gasteiger charge is 2.46. The van der Waals surface area contributed by atoms with Crippen molar-refractivity contribution in [3.05, 3.63) is 93.1 Å². The van der Waals surface area contributed by atoms with Gasteiger partial charge in [-0.3, -0.25) is 14.5 Å². The van der Waals surface area contributed by atoms with Crippen LogP contribution in [0.4, 0.5) is 9.52 Å². The quantitative estimate of drug-likeness (QED) is 0.412. The molecular weight excluding hydrogens is 435 g/mol. The van der Waals surface area contributed by atoms with Crippen LogP contribution in [0.2, 0.25) is 0 Å². The van der Waals surface area contributed by atoms with Crippen molar-refractivity contribution < 1.29 is 19.1 Å². The smallest absolute Gasteiger partial charge is 0.296 e. The van der Waals surface area contributed by atoms with E-state index in [9.17, 15) is 19.1 Å². The van der Waals surface area contributed by atoms with Crippen LogP contribution in [0.25, 0.3) is 10.2 Å². The molecule has 0 unspecified atom stereocenters. The number of carbonyl (C=O) groups excluding carboxylic acids is 2. The molecule has 0 fully saturated rings. The predicted octanol–water partition coefficient (Wildman–Crippen LogP) is 5.59. The standard InChI is InChI=1S/C23H15FN2O3S2/c1-12-4-6-13(7-5-12)19-18(20(27)16-3-2-10-30-16)21(28)22(29)26(19)23-25-15-9-8-14(24)11-17(15)31-23/h2-11,19,28H,1H3/t19-/m0/s1. The van der Waals surface area contributed by atoms with Crippen LogP contribution in [-0.4, -0.2) is 21.8 Å². The summed E-state index contributed by atoms with van der Waals surface area (Å²) in [6.07, 6.45) is 0. The molecule has 5 rings (SSSR count). The first-order chi connectivity index (χ1) is 14.9. The van der Waals surface area contributed by atoms with E-state index in [1.165, 1.54) is 34.4 Å². The first-order valence-electron chi connectivity index (χ1n) is 9.41. The second-order valence-corrected chi connectivity index (χ2v) is 9.12. The molecule has 0 spiro atoms. The number of aromatic nitrogens is 1. The number of fused-ring (bicyclic) bond motifs is 1. The van der Waals surface area contributed by atoms with E-state index in [2.05, 4.69) is 4.98 Å². The Morgan fingerprint density at radius 1 is 1.16 bits per heavy atom. The van der Waals surface area contributed by atoms with Gasteiger partial charge in [-0.2, -0.15) is 0 Å². The monoisotopic (exact) mass is 450 g/mol. The van der Waals surface area contributed by atoms with Gasteiger partial charge in [0.2, 0.25) is 5.78 Å². The molecule has 0 saturated carbocycles. The number of carbonyl (C=O) groups is 2. The van der Waals surface area contributed by atoms with E-state index >= 15 is 0 Å². The fourth-order valence-corrected chi connectivity index (χ4v) is 5.32. The Kier molecular flexibility index (Phi) is 4.68. The summed E-state index contributed by atoms with van der Waals surface area (Å²) in [5, 5.41) is 12.8. The number of thiophene rings is 1. The van der Waals surface area contributed by atoms with Crippen molar-refractivity contribution >= 4 is 49.7 Å². The third-order valence-corrected chi connectivity index (χ3v) is 7.02. The minimum absolute atomic E-state index is 0.0155. The van der Waals surface area contributed by atoms with E-state index in [-0.39, 0.29) is 10.7 Å². The number of halogens is 1. The molecule has 31 heavy (non-hydrogen) atoms. The minimum Gasteiger partial charge on any atom is -0.503 e. The predicted molar refractivity (Wildman–Crippen MR) is 119 cm³/mol. The fraction of sp³-hybridized carbons (Fsp3) is 0.0870. The lowest BCUT2D eigenvalue weighted by Crippen LogP contribution is -2.30. The lowest BCUT2D eigenvalue weighted by atomic mass is 9.95. The van der Waals surface area contributed by atoms with Crippen LogP contribution >= 0.6 is 22.7 Å². The topological polar surface area (TPSA) is 70.5 Å². The molecule has 4 aromatic rings. The second kappa shape index (κ2) is 7.40. The number of Topliss-reactive ketones (excluding diaryl/α,β-unsaturated/α-hetero) is 1. The van der Waals surface area contributed by atoms with Crippen molar-refractivity contribution in [1.82, 2.24) is 4.98 Å². The molecule has 2 aromatic heterocycles. The zero-order chi connectivity index (χ0) is 21.7. The average Bonchev–Trinajstić information content (AvgIpc) is 3.47. The van der Waals surface area contributed by atoms with Gasteiger partial charge in [0.1, 0.15) is 5.82 Å². The Morgan fingerprint density at radius 2 is 1.94 bits per heavy atom. The number of aliphatic hydroxyl groups is 1. The number of ketones is 1. The van der Waals surface area contributed by atoms with Gasteiger partial charge in [-0.15, -0.1) is 11.3 Å². The maximum absolute atomic E-state index is 13.7. The summed E-state index contributed by atoms with van der Waals surface area (Å²) in [7, 11) is 0. The van der Waals surface area contributed by atoms with E-state index in [0.717, 1.165) is 16.9 Å². The maximum atomic E-state index is 13.7. The van der Waals surface area contributed by atoms with Gasteiger partial charge in [-0.1, -0.05) is 47.2 Å². The van der Waals surface area contributed by atoms with E-state index in [1.807, 2.05) is 31.2 Å². The molecule has 0 aliphatic carbocycles. The molecule has 1 N–H and O–H groups in total. The Bertz CT molecular complexity index is 1360. The number of hydrogen-bond donors (Lipinski definition) is 1. The molecule has 0 radical (unpaired) electrons. The molecule has 5 nitrogen and oxygen atoms in total. The van der Waals surface area contributed by atoms with Crippen LogP contribution < -0.4 is 4.90 Å². The minimum atomic E-state index is -0.840. The molecule has 2 aromatic carbocycles. The van der Waals surface area contributed by atoms with Gasteiger partial charge in [0.15, 0.2) is 10.9 Å². The summed E-state index contributed by atoms with van der Waals surface area (Å²) in [6, 6.07) is 14.2. The number of amides is 1. The van der Waals surface area contributed by atoms with Gasteiger partial charge in [-0.25, -0.2) is 9.37 Å². The third-order valence-electron chi connectivity index (χ3n) is 5.14.